The summed E-state index contributed by atoms with van der Waals surface area (Å²) < 4.78 is 16.7. The van der Waals surface area contributed by atoms with Gasteiger partial charge in [0.15, 0.2) is 0 Å². The predicted molar refractivity (Wildman–Crippen MR) is 8.52 cm³/mol. The van der Waals surface area contributed by atoms with E-state index in [0.29, 0.717) is 16.2 Å². The van der Waals surface area contributed by atoms with Gasteiger partial charge in [-0.25, -0.2) is 0 Å². The van der Waals surface area contributed by atoms with Crippen molar-refractivity contribution >= 4 is 16.2 Å². The molecule has 0 unspecified atom stereocenters. The van der Waals surface area contributed by atoms with E-state index >= 15 is 0 Å². The Hall–Kier alpha value is 1.28. The van der Waals surface area contributed by atoms with E-state index in [9.17, 15) is 0 Å². The molecule has 2 nitrogen and oxygen atoms in total. The van der Waals surface area contributed by atoms with Crippen LogP contribution in [0, 0.1) is 0 Å². The second-order valence-corrected chi connectivity index (χ2v) is 0. The molecule has 0 saturated heterocycles. The van der Waals surface area contributed by atoms with Crippen LogP contribution in [0.4, 0.5) is 0 Å². The van der Waals surface area contributed by atoms with Gasteiger partial charge >= 0.3 is 41.9 Å². The quantitative estimate of drug-likeness (QED) is 0.463. The van der Waals surface area contributed by atoms with Crippen LogP contribution in [0.2, 0.25) is 0 Å². The molecule has 0 N–H and O–H groups in total. The van der Waals surface area contributed by atoms with Gasteiger partial charge in [-0.15, -0.1) is 0 Å². The van der Waals surface area contributed by atoms with Crippen molar-refractivity contribution in [3.63, 3.8) is 0 Å². The van der Waals surface area contributed by atoms with Gasteiger partial charge in [-0.2, -0.15) is 0 Å². The Morgan fingerprint density at radius 3 is 1.20 bits per heavy atom. The first-order valence-corrected chi connectivity index (χ1v) is 2.37. The average molecular weight is 189 g/mol. The molecule has 0 rings (SSSR count). The summed E-state index contributed by atoms with van der Waals surface area (Å²) in [5.74, 6) is 0. The number of hydrogen-bond acceptors (Lipinski definition) is 2. The van der Waals surface area contributed by atoms with E-state index in [1.54, 1.807) is 0 Å². The van der Waals surface area contributed by atoms with Gasteiger partial charge in [0.25, 0.3) is 0 Å². The molecule has 0 aliphatic carbocycles. The van der Waals surface area contributed by atoms with Crippen LogP contribution < -0.4 is 0 Å². The van der Waals surface area contributed by atoms with Gasteiger partial charge in [0, 0.05) is 17.1 Å². The molecule has 0 amide bonds. The van der Waals surface area contributed by atoms with Crippen molar-refractivity contribution in [1.29, 1.82) is 0 Å². The molecule has 5 heteroatoms. The number of rotatable bonds is 0. The van der Waals surface area contributed by atoms with E-state index in [1.807, 2.05) is 0 Å². The van der Waals surface area contributed by atoms with Crippen LogP contribution >= 0.6 is 0 Å². The molecule has 0 bridgehead atoms. The molecule has 0 atom stereocenters. The first kappa shape index (κ1) is 16.3. The maximum absolute atomic E-state index is 8.38. The molecule has 0 aliphatic heterocycles. The summed E-state index contributed by atoms with van der Waals surface area (Å²) in [4.78, 5) is 0. The van der Waals surface area contributed by atoms with Crippen molar-refractivity contribution in [3.05, 3.63) is 0 Å². The van der Waals surface area contributed by atoms with Crippen LogP contribution in [-0.2, 0) is 42.7 Å². The van der Waals surface area contributed by atoms with Crippen LogP contribution in [0.15, 0.2) is 0 Å². The zero-order chi connectivity index (χ0) is 4.00. The van der Waals surface area contributed by atoms with Crippen LogP contribution in [0.5, 0.6) is 0 Å². The SMILES string of the molecule is [Cu].[O]=[AlH].[O]=[Zn]. The van der Waals surface area contributed by atoms with Gasteiger partial charge < -0.3 is 0 Å². The van der Waals surface area contributed by atoms with E-state index < -0.39 is 0 Å². The van der Waals surface area contributed by atoms with Gasteiger partial charge in [-0.3, -0.25) is 0 Å². The molecule has 0 fully saturated rings. The first-order chi connectivity index (χ1) is 2.00. The third-order valence-electron chi connectivity index (χ3n) is 0. The molecule has 0 aliphatic rings. The molecular formula is HAlCuO2Zn. The van der Waals surface area contributed by atoms with Crippen molar-refractivity contribution in [3.8, 4) is 0 Å². The summed E-state index contributed by atoms with van der Waals surface area (Å²) in [7, 11) is 0. The summed E-state index contributed by atoms with van der Waals surface area (Å²) in [5, 5.41) is 0. The molecule has 0 aromatic carbocycles. The fraction of sp³-hybridized carbons (Fsp3) is 0. The Kier molecular flexibility index (Phi) is 193. The normalized spacial score (nSPS) is 1.80. The molecule has 0 heterocycles. The van der Waals surface area contributed by atoms with Gasteiger partial charge in [0.2, 0.25) is 0 Å². The molecular weight excluding hydrogens is 188 g/mol. The molecule has 0 aromatic rings. The van der Waals surface area contributed by atoms with Crippen molar-refractivity contribution in [2.24, 2.45) is 0 Å². The van der Waals surface area contributed by atoms with Crippen LogP contribution in [-0.4, -0.2) is 16.2 Å². The van der Waals surface area contributed by atoms with Crippen molar-refractivity contribution in [2.45, 2.75) is 0 Å². The summed E-state index contributed by atoms with van der Waals surface area (Å²) in [6.45, 7) is 0. The van der Waals surface area contributed by atoms with E-state index in [2.05, 4.69) is 0 Å². The second kappa shape index (κ2) is 59.3. The Bertz CT molecular complexity index is 11.6. The molecule has 1 radical (unpaired) electrons. The standard InChI is InChI=1S/Al.Cu.2O.Zn.H. The van der Waals surface area contributed by atoms with Gasteiger partial charge in [-0.1, -0.05) is 0 Å². The molecule has 5 heavy (non-hydrogen) atoms. The Morgan fingerprint density at radius 1 is 1.20 bits per heavy atom. The molecule has 0 spiro atoms. The first-order valence-electron chi connectivity index (χ1n) is 0.577. The number of hydrogen-bond donors (Lipinski definition) is 0. The topological polar surface area (TPSA) is 34.1 Å². The van der Waals surface area contributed by atoms with Gasteiger partial charge in [0.1, 0.15) is 0 Å². The maximum atomic E-state index is 8.38. The monoisotopic (exact) mass is 187 g/mol. The van der Waals surface area contributed by atoms with E-state index in [1.165, 1.54) is 0 Å². The van der Waals surface area contributed by atoms with Gasteiger partial charge in [-0.05, 0) is 0 Å². The Labute approximate surface area is 58.7 Å². The van der Waals surface area contributed by atoms with E-state index in [4.69, 9.17) is 7.38 Å². The van der Waals surface area contributed by atoms with E-state index in [0.717, 1.165) is 0 Å². The van der Waals surface area contributed by atoms with Crippen molar-refractivity contribution in [1.82, 2.24) is 0 Å². The third kappa shape index (κ3) is 34.8. The summed E-state index contributed by atoms with van der Waals surface area (Å²) in [6.07, 6.45) is 0. The van der Waals surface area contributed by atoms with Gasteiger partial charge in [0.05, 0.1) is 0 Å². The molecule has 0 aromatic heterocycles. The Morgan fingerprint density at radius 2 is 1.20 bits per heavy atom. The summed E-state index contributed by atoms with van der Waals surface area (Å²) >= 11 is 0.736. The van der Waals surface area contributed by atoms with Crippen molar-refractivity contribution < 1.29 is 42.7 Å². The fourth-order valence-electron chi connectivity index (χ4n) is 0. The zero-order valence-electron chi connectivity index (χ0n) is 2.53. The minimum absolute atomic E-state index is 0. The predicted octanol–water partition coefficient (Wildman–Crippen LogP) is -0.891. The molecule has 0 saturated carbocycles. The van der Waals surface area contributed by atoms with Crippen LogP contribution in [0.3, 0.4) is 0 Å². The van der Waals surface area contributed by atoms with Crippen LogP contribution in [0.1, 0.15) is 0 Å². The van der Waals surface area contributed by atoms with Crippen molar-refractivity contribution in [2.75, 3.05) is 0 Å². The third-order valence-corrected chi connectivity index (χ3v) is 0. The molecule has 29 valence electrons. The zero-order valence-corrected chi connectivity index (χ0v) is 7.86. The van der Waals surface area contributed by atoms with E-state index in [-0.39, 0.29) is 35.3 Å². The summed E-state index contributed by atoms with van der Waals surface area (Å²) in [5.41, 5.74) is 0. The Balaban J connectivity index is -0.0000000133. The summed E-state index contributed by atoms with van der Waals surface area (Å²) in [6, 6.07) is 0. The average Bonchev–Trinajstić information content (AvgIpc) is 1.50. The van der Waals surface area contributed by atoms with Crippen LogP contribution in [0.25, 0.3) is 0 Å². The minimum atomic E-state index is 0. The second-order valence-electron chi connectivity index (χ2n) is 0. The fourth-order valence-corrected chi connectivity index (χ4v) is 0.